The van der Waals surface area contributed by atoms with E-state index >= 15 is 0 Å². The third-order valence-corrected chi connectivity index (χ3v) is 3.72. The van der Waals surface area contributed by atoms with Gasteiger partial charge in [0.25, 0.3) is 0 Å². The minimum Gasteiger partial charge on any atom is -0.356 e. The van der Waals surface area contributed by atoms with Gasteiger partial charge in [-0.15, -0.1) is 0 Å². The molecule has 1 fully saturated rings. The van der Waals surface area contributed by atoms with Crippen LogP contribution in [0.1, 0.15) is 33.1 Å². The molecule has 1 aliphatic heterocycles. The molecule has 0 spiro atoms. The lowest BCUT2D eigenvalue weighted by Crippen LogP contribution is -2.44. The van der Waals surface area contributed by atoms with Gasteiger partial charge in [-0.05, 0) is 31.8 Å². The first-order chi connectivity index (χ1) is 10.5. The highest BCUT2D eigenvalue weighted by atomic mass is 16.2. The lowest BCUT2D eigenvalue weighted by atomic mass is 10.1. The molecule has 2 N–H and O–H groups in total. The van der Waals surface area contributed by atoms with Gasteiger partial charge in [-0.25, -0.2) is 4.99 Å². The van der Waals surface area contributed by atoms with Crippen LogP contribution in [-0.4, -0.2) is 75.0 Å². The van der Waals surface area contributed by atoms with Crippen molar-refractivity contribution in [2.45, 2.75) is 33.1 Å². The maximum absolute atomic E-state index is 11.7. The van der Waals surface area contributed by atoms with Crippen molar-refractivity contribution in [2.24, 2.45) is 10.9 Å². The van der Waals surface area contributed by atoms with Crippen LogP contribution in [0, 0.1) is 5.92 Å². The summed E-state index contributed by atoms with van der Waals surface area (Å²) in [6.45, 7) is 9.64. The van der Waals surface area contributed by atoms with Crippen LogP contribution in [0.25, 0.3) is 0 Å². The van der Waals surface area contributed by atoms with E-state index in [1.54, 1.807) is 19.0 Å². The summed E-state index contributed by atoms with van der Waals surface area (Å²) < 4.78 is 0. The Hall–Kier alpha value is -1.30. The Labute approximate surface area is 135 Å². The van der Waals surface area contributed by atoms with Gasteiger partial charge in [-0.2, -0.15) is 0 Å². The van der Waals surface area contributed by atoms with Gasteiger partial charge < -0.3 is 20.4 Å². The summed E-state index contributed by atoms with van der Waals surface area (Å²) in [5, 5.41) is 6.64. The van der Waals surface area contributed by atoms with Crippen molar-refractivity contribution in [3.63, 3.8) is 0 Å². The van der Waals surface area contributed by atoms with Crippen molar-refractivity contribution < 1.29 is 4.79 Å². The highest BCUT2D eigenvalue weighted by molar-refractivity contribution is 5.84. The summed E-state index contributed by atoms with van der Waals surface area (Å²) in [6.07, 6.45) is 3.98. The molecule has 22 heavy (non-hydrogen) atoms. The second kappa shape index (κ2) is 10.4. The minimum atomic E-state index is 0.0154. The number of guanidine groups is 1. The number of aliphatic imine (C=N–C) groups is 1. The fourth-order valence-electron chi connectivity index (χ4n) is 2.28. The molecule has 0 bridgehead atoms. The van der Waals surface area contributed by atoms with E-state index in [4.69, 9.17) is 0 Å². The Bertz CT molecular complexity index is 348. The monoisotopic (exact) mass is 311 g/mol. The van der Waals surface area contributed by atoms with Gasteiger partial charge in [0.15, 0.2) is 5.96 Å². The number of hydrogen-bond acceptors (Lipinski definition) is 3. The first-order valence-electron chi connectivity index (χ1n) is 8.43. The summed E-state index contributed by atoms with van der Waals surface area (Å²) in [7, 11) is 3.51. The van der Waals surface area contributed by atoms with E-state index in [0.29, 0.717) is 5.92 Å². The van der Waals surface area contributed by atoms with E-state index in [9.17, 15) is 4.79 Å². The number of carbonyl (C=O) groups excluding carboxylic acids is 1. The van der Waals surface area contributed by atoms with Crippen LogP contribution in [0.3, 0.4) is 0 Å². The van der Waals surface area contributed by atoms with Crippen molar-refractivity contribution in [2.75, 3.05) is 53.4 Å². The summed E-state index contributed by atoms with van der Waals surface area (Å²) in [5.74, 6) is 1.29. The molecule has 0 atom stereocenters. The molecule has 1 amide bonds. The smallest absolute Gasteiger partial charge is 0.243 e. The van der Waals surface area contributed by atoms with Gasteiger partial charge in [0.1, 0.15) is 6.54 Å². The van der Waals surface area contributed by atoms with Gasteiger partial charge in [0, 0.05) is 33.7 Å². The van der Waals surface area contributed by atoms with Crippen molar-refractivity contribution in [1.29, 1.82) is 0 Å². The van der Waals surface area contributed by atoms with Crippen LogP contribution in [-0.2, 0) is 4.79 Å². The zero-order valence-corrected chi connectivity index (χ0v) is 14.7. The van der Waals surface area contributed by atoms with Crippen LogP contribution in [0.15, 0.2) is 4.99 Å². The molecule has 1 rings (SSSR count). The van der Waals surface area contributed by atoms with Crippen LogP contribution < -0.4 is 10.6 Å². The lowest BCUT2D eigenvalue weighted by molar-refractivity contribution is -0.127. The van der Waals surface area contributed by atoms with E-state index in [1.165, 1.54) is 32.4 Å². The quantitative estimate of drug-likeness (QED) is 0.538. The molecule has 0 unspecified atom stereocenters. The fourth-order valence-corrected chi connectivity index (χ4v) is 2.28. The molecule has 0 aliphatic carbocycles. The Morgan fingerprint density at radius 3 is 2.45 bits per heavy atom. The van der Waals surface area contributed by atoms with Crippen molar-refractivity contribution in [1.82, 2.24) is 20.4 Å². The number of rotatable bonds is 7. The average Bonchev–Trinajstić information content (AvgIpc) is 2.49. The zero-order valence-electron chi connectivity index (χ0n) is 14.7. The number of likely N-dealkylation sites (tertiary alicyclic amines) is 1. The van der Waals surface area contributed by atoms with Gasteiger partial charge in [-0.1, -0.05) is 20.3 Å². The van der Waals surface area contributed by atoms with E-state index in [2.05, 4.69) is 34.4 Å². The summed E-state index contributed by atoms with van der Waals surface area (Å²) in [5.41, 5.74) is 0. The molecule has 0 aromatic rings. The van der Waals surface area contributed by atoms with Gasteiger partial charge in [0.05, 0.1) is 0 Å². The Morgan fingerprint density at radius 1 is 1.18 bits per heavy atom. The second-order valence-electron chi connectivity index (χ2n) is 6.56. The molecular weight excluding hydrogens is 278 g/mol. The fraction of sp³-hybridized carbons (Fsp3) is 0.875. The molecule has 6 nitrogen and oxygen atoms in total. The Balaban J connectivity index is 2.39. The SMILES string of the molecule is CC(C)CNC(=NCC(=O)N(C)C)NCCN1CCCCC1. The van der Waals surface area contributed by atoms with E-state index < -0.39 is 0 Å². The number of amides is 1. The average molecular weight is 311 g/mol. The van der Waals surface area contributed by atoms with Crippen LogP contribution in [0.2, 0.25) is 0 Å². The van der Waals surface area contributed by atoms with Gasteiger partial charge in [0.2, 0.25) is 5.91 Å². The van der Waals surface area contributed by atoms with Crippen molar-refractivity contribution in [3.8, 4) is 0 Å². The third-order valence-electron chi connectivity index (χ3n) is 3.72. The third kappa shape index (κ3) is 8.22. The summed E-state index contributed by atoms with van der Waals surface area (Å²) in [6, 6.07) is 0. The molecule has 0 aromatic carbocycles. The van der Waals surface area contributed by atoms with E-state index in [1.807, 2.05) is 0 Å². The highest BCUT2D eigenvalue weighted by Crippen LogP contribution is 2.07. The standard InChI is InChI=1S/C16H33N5O/c1-14(2)12-18-16(19-13-15(22)20(3)4)17-8-11-21-9-6-5-7-10-21/h14H,5-13H2,1-4H3,(H2,17,18,19). The summed E-state index contributed by atoms with van der Waals surface area (Å²) in [4.78, 5) is 20.1. The number of hydrogen-bond donors (Lipinski definition) is 2. The molecule has 0 aromatic heterocycles. The molecule has 0 saturated carbocycles. The maximum atomic E-state index is 11.7. The van der Waals surface area contributed by atoms with Gasteiger partial charge >= 0.3 is 0 Å². The molecule has 6 heteroatoms. The first kappa shape index (κ1) is 18.7. The number of carbonyl (C=O) groups is 1. The molecule has 1 saturated heterocycles. The highest BCUT2D eigenvalue weighted by Gasteiger charge is 2.10. The predicted molar refractivity (Wildman–Crippen MR) is 92.1 cm³/mol. The maximum Gasteiger partial charge on any atom is 0.243 e. The zero-order chi connectivity index (χ0) is 16.4. The van der Waals surface area contributed by atoms with Crippen LogP contribution in [0.4, 0.5) is 0 Å². The molecule has 1 heterocycles. The first-order valence-corrected chi connectivity index (χ1v) is 8.43. The van der Waals surface area contributed by atoms with Crippen LogP contribution >= 0.6 is 0 Å². The van der Waals surface area contributed by atoms with Crippen molar-refractivity contribution >= 4 is 11.9 Å². The number of piperidine rings is 1. The lowest BCUT2D eigenvalue weighted by Gasteiger charge is -2.26. The number of nitrogens with one attached hydrogen (secondary N) is 2. The number of nitrogens with zero attached hydrogens (tertiary/aromatic N) is 3. The largest absolute Gasteiger partial charge is 0.356 e. The predicted octanol–water partition coefficient (Wildman–Crippen LogP) is 0.752. The van der Waals surface area contributed by atoms with E-state index in [-0.39, 0.29) is 12.5 Å². The number of likely N-dealkylation sites (N-methyl/N-ethyl adjacent to an activating group) is 1. The minimum absolute atomic E-state index is 0.0154. The normalized spacial score (nSPS) is 16.7. The van der Waals surface area contributed by atoms with Gasteiger partial charge in [-0.3, -0.25) is 4.79 Å². The Kier molecular flexibility index (Phi) is 8.89. The summed E-state index contributed by atoms with van der Waals surface area (Å²) >= 11 is 0. The molecule has 1 aliphatic rings. The molecule has 0 radical (unpaired) electrons. The van der Waals surface area contributed by atoms with Crippen molar-refractivity contribution in [3.05, 3.63) is 0 Å². The topological polar surface area (TPSA) is 60.0 Å². The van der Waals surface area contributed by atoms with E-state index in [0.717, 1.165) is 25.6 Å². The molecular formula is C16H33N5O. The second-order valence-corrected chi connectivity index (χ2v) is 6.56. The van der Waals surface area contributed by atoms with Crippen LogP contribution in [0.5, 0.6) is 0 Å². The molecule has 128 valence electrons. The Morgan fingerprint density at radius 2 is 1.86 bits per heavy atom.